The summed E-state index contributed by atoms with van der Waals surface area (Å²) in [5.41, 5.74) is 2.68. The predicted octanol–water partition coefficient (Wildman–Crippen LogP) is 1.92. The Labute approximate surface area is 134 Å². The average molecular weight is 310 g/mol. The number of aliphatic hydroxyl groups is 1. The number of amides is 1. The fourth-order valence-electron chi connectivity index (χ4n) is 4.04. The van der Waals surface area contributed by atoms with E-state index < -0.39 is 5.54 Å². The van der Waals surface area contributed by atoms with Crippen molar-refractivity contribution in [2.75, 3.05) is 11.9 Å². The van der Waals surface area contributed by atoms with Gasteiger partial charge in [-0.25, -0.2) is 0 Å². The molecular formula is C18H18N2O3. The molecule has 23 heavy (non-hydrogen) atoms. The number of carbonyl (C=O) groups excluding carboxylic acids is 1. The maximum absolute atomic E-state index is 12.4. The molecule has 3 atom stereocenters. The van der Waals surface area contributed by atoms with Gasteiger partial charge in [-0.15, -0.1) is 0 Å². The van der Waals surface area contributed by atoms with Crippen LogP contribution in [0.3, 0.4) is 0 Å². The SMILES string of the molecule is CC1(C2c3ccccc3NC2CO)NC(=O)c2ccc(O)cc21. The Bertz CT molecular complexity index is 805. The lowest BCUT2D eigenvalue weighted by Gasteiger charge is -2.36. The molecule has 0 bridgehead atoms. The summed E-state index contributed by atoms with van der Waals surface area (Å²) in [6, 6.07) is 12.5. The van der Waals surface area contributed by atoms with Crippen LogP contribution in [0.25, 0.3) is 0 Å². The van der Waals surface area contributed by atoms with Crippen molar-refractivity contribution in [3.05, 3.63) is 59.2 Å². The third kappa shape index (κ3) is 1.86. The van der Waals surface area contributed by atoms with Crippen LogP contribution in [0.2, 0.25) is 0 Å². The van der Waals surface area contributed by atoms with Crippen molar-refractivity contribution < 1.29 is 15.0 Å². The van der Waals surface area contributed by atoms with Crippen LogP contribution >= 0.6 is 0 Å². The molecule has 0 aromatic heterocycles. The van der Waals surface area contributed by atoms with Crippen LogP contribution in [0.4, 0.5) is 5.69 Å². The number of fused-ring (bicyclic) bond motifs is 2. The minimum atomic E-state index is -0.696. The molecule has 0 saturated carbocycles. The molecule has 5 heteroatoms. The van der Waals surface area contributed by atoms with Gasteiger partial charge in [-0.1, -0.05) is 18.2 Å². The standard InChI is InChI=1S/C18H18N2O3/c1-18(13-8-10(22)6-7-11(13)17(23)20-18)16-12-4-2-3-5-14(12)19-15(16)9-21/h2-8,15-16,19,21-22H,9H2,1H3,(H,20,23). The van der Waals surface area contributed by atoms with Crippen molar-refractivity contribution >= 4 is 11.6 Å². The van der Waals surface area contributed by atoms with Gasteiger partial charge in [0.05, 0.1) is 18.2 Å². The number of phenolic OH excluding ortho intramolecular Hbond substituents is 1. The first-order chi connectivity index (χ1) is 11.0. The van der Waals surface area contributed by atoms with Gasteiger partial charge in [-0.3, -0.25) is 4.79 Å². The van der Waals surface area contributed by atoms with Gasteiger partial charge in [0.2, 0.25) is 0 Å². The summed E-state index contributed by atoms with van der Waals surface area (Å²) in [5.74, 6) is -0.148. The highest BCUT2D eigenvalue weighted by Crippen LogP contribution is 2.50. The minimum Gasteiger partial charge on any atom is -0.508 e. The zero-order valence-electron chi connectivity index (χ0n) is 12.7. The highest BCUT2D eigenvalue weighted by molar-refractivity contribution is 6.00. The molecule has 3 unspecified atom stereocenters. The quantitative estimate of drug-likeness (QED) is 0.683. The van der Waals surface area contributed by atoms with E-state index in [0.717, 1.165) is 16.8 Å². The molecule has 4 rings (SSSR count). The molecule has 0 aliphatic carbocycles. The number of para-hydroxylation sites is 1. The fourth-order valence-corrected chi connectivity index (χ4v) is 4.04. The van der Waals surface area contributed by atoms with E-state index in [9.17, 15) is 15.0 Å². The molecule has 4 N–H and O–H groups in total. The van der Waals surface area contributed by atoms with E-state index in [2.05, 4.69) is 10.6 Å². The zero-order chi connectivity index (χ0) is 16.2. The van der Waals surface area contributed by atoms with Crippen molar-refractivity contribution in [1.82, 2.24) is 5.32 Å². The lowest BCUT2D eigenvalue weighted by atomic mass is 9.74. The van der Waals surface area contributed by atoms with E-state index in [1.165, 1.54) is 6.07 Å². The van der Waals surface area contributed by atoms with Crippen molar-refractivity contribution in [2.45, 2.75) is 24.4 Å². The lowest BCUT2D eigenvalue weighted by molar-refractivity contribution is 0.0916. The van der Waals surface area contributed by atoms with E-state index in [1.54, 1.807) is 12.1 Å². The summed E-state index contributed by atoms with van der Waals surface area (Å²) >= 11 is 0. The fraction of sp³-hybridized carbons (Fsp3) is 0.278. The van der Waals surface area contributed by atoms with Gasteiger partial charge in [0.1, 0.15) is 5.75 Å². The van der Waals surface area contributed by atoms with E-state index >= 15 is 0 Å². The molecule has 0 saturated heterocycles. The monoisotopic (exact) mass is 310 g/mol. The molecular weight excluding hydrogens is 292 g/mol. The van der Waals surface area contributed by atoms with Crippen LogP contribution in [-0.2, 0) is 5.54 Å². The second kappa shape index (κ2) is 4.73. The molecule has 0 spiro atoms. The number of phenols is 1. The molecule has 2 aromatic rings. The summed E-state index contributed by atoms with van der Waals surface area (Å²) in [6.07, 6.45) is 0. The molecule has 2 heterocycles. The number of carbonyl (C=O) groups is 1. The van der Waals surface area contributed by atoms with Gasteiger partial charge in [0.25, 0.3) is 5.91 Å². The van der Waals surface area contributed by atoms with Crippen molar-refractivity contribution in [1.29, 1.82) is 0 Å². The number of anilines is 1. The van der Waals surface area contributed by atoms with Crippen LogP contribution in [0, 0.1) is 0 Å². The maximum atomic E-state index is 12.4. The summed E-state index contributed by atoms with van der Waals surface area (Å²) < 4.78 is 0. The van der Waals surface area contributed by atoms with Crippen molar-refractivity contribution in [3.8, 4) is 5.75 Å². The molecule has 0 fully saturated rings. The molecule has 1 amide bonds. The van der Waals surface area contributed by atoms with Crippen LogP contribution in [0.5, 0.6) is 5.75 Å². The Kier molecular flexibility index (Phi) is 2.90. The van der Waals surface area contributed by atoms with Gasteiger partial charge in [-0.2, -0.15) is 0 Å². The first-order valence-electron chi connectivity index (χ1n) is 7.67. The van der Waals surface area contributed by atoms with E-state index in [0.29, 0.717) is 5.56 Å². The Morgan fingerprint density at radius 3 is 2.78 bits per heavy atom. The predicted molar refractivity (Wildman–Crippen MR) is 86.6 cm³/mol. The Hall–Kier alpha value is -2.53. The van der Waals surface area contributed by atoms with E-state index in [4.69, 9.17) is 0 Å². The van der Waals surface area contributed by atoms with E-state index in [-0.39, 0.29) is 30.2 Å². The number of hydrogen-bond donors (Lipinski definition) is 4. The largest absolute Gasteiger partial charge is 0.508 e. The Morgan fingerprint density at radius 2 is 2.00 bits per heavy atom. The topological polar surface area (TPSA) is 81.6 Å². The molecule has 118 valence electrons. The zero-order valence-corrected chi connectivity index (χ0v) is 12.7. The first-order valence-corrected chi connectivity index (χ1v) is 7.67. The molecule has 2 aromatic carbocycles. The van der Waals surface area contributed by atoms with Crippen LogP contribution in [0.15, 0.2) is 42.5 Å². The molecule has 0 radical (unpaired) electrons. The smallest absolute Gasteiger partial charge is 0.252 e. The highest BCUT2D eigenvalue weighted by Gasteiger charge is 2.51. The molecule has 2 aliphatic heterocycles. The van der Waals surface area contributed by atoms with Gasteiger partial charge in [0.15, 0.2) is 0 Å². The van der Waals surface area contributed by atoms with Crippen LogP contribution in [-0.4, -0.2) is 28.8 Å². The molecule has 5 nitrogen and oxygen atoms in total. The minimum absolute atomic E-state index is 0.0427. The van der Waals surface area contributed by atoms with Crippen molar-refractivity contribution in [3.63, 3.8) is 0 Å². The third-order valence-corrected chi connectivity index (χ3v) is 5.04. The van der Waals surface area contributed by atoms with Crippen LogP contribution < -0.4 is 10.6 Å². The summed E-state index contributed by atoms with van der Waals surface area (Å²) in [5, 5.41) is 26.1. The summed E-state index contributed by atoms with van der Waals surface area (Å²) in [6.45, 7) is 1.91. The highest BCUT2D eigenvalue weighted by atomic mass is 16.3. The summed E-state index contributed by atoms with van der Waals surface area (Å²) in [4.78, 5) is 12.4. The second-order valence-corrected chi connectivity index (χ2v) is 6.38. The average Bonchev–Trinajstić information content (AvgIpc) is 3.04. The number of aliphatic hydroxyl groups excluding tert-OH is 1. The Morgan fingerprint density at radius 1 is 1.22 bits per heavy atom. The van der Waals surface area contributed by atoms with Gasteiger partial charge in [-0.05, 0) is 42.3 Å². The maximum Gasteiger partial charge on any atom is 0.252 e. The normalized spacial score (nSPS) is 28.0. The number of nitrogens with one attached hydrogen (secondary N) is 2. The van der Waals surface area contributed by atoms with Crippen molar-refractivity contribution in [2.24, 2.45) is 0 Å². The van der Waals surface area contributed by atoms with Gasteiger partial charge >= 0.3 is 0 Å². The third-order valence-electron chi connectivity index (χ3n) is 5.04. The molecule has 2 aliphatic rings. The number of hydrogen-bond acceptors (Lipinski definition) is 4. The first kappa shape index (κ1) is 14.1. The van der Waals surface area contributed by atoms with Gasteiger partial charge in [0, 0.05) is 17.2 Å². The summed E-state index contributed by atoms with van der Waals surface area (Å²) in [7, 11) is 0. The number of rotatable bonds is 2. The lowest BCUT2D eigenvalue weighted by Crippen LogP contribution is -2.47. The second-order valence-electron chi connectivity index (χ2n) is 6.38. The number of aromatic hydroxyl groups is 1. The Balaban J connectivity index is 1.90. The van der Waals surface area contributed by atoms with Gasteiger partial charge < -0.3 is 20.8 Å². The van der Waals surface area contributed by atoms with E-state index in [1.807, 2.05) is 31.2 Å². The number of benzene rings is 2. The van der Waals surface area contributed by atoms with Crippen LogP contribution in [0.1, 0.15) is 34.3 Å².